The number of aromatic amines is 4. The number of nitrogens with zero attached hydrogens (tertiary/aromatic N) is 14. The van der Waals surface area contributed by atoms with Crippen LogP contribution >= 0.6 is 15.9 Å². The number of nitriles is 3. The van der Waals surface area contributed by atoms with E-state index in [1.165, 1.54) is 6.42 Å². The fourth-order valence-corrected chi connectivity index (χ4v) is 14.6. The van der Waals surface area contributed by atoms with Crippen molar-refractivity contribution < 1.29 is 33.2 Å². The van der Waals surface area contributed by atoms with E-state index in [0.717, 1.165) is 190 Å². The van der Waals surface area contributed by atoms with Gasteiger partial charge in [-0.25, -0.2) is 24.3 Å². The number of ether oxygens (including phenoxy) is 2. The molecule has 0 aliphatic carbocycles. The Kier molecular flexibility index (Phi) is 23.3. The molecule has 7 N–H and O–H groups in total. The first-order valence-corrected chi connectivity index (χ1v) is 36.6. The third-order valence-corrected chi connectivity index (χ3v) is 20.7. The lowest BCUT2D eigenvalue weighted by atomic mass is 9.84. The number of aryl methyl sites for hydroxylation is 3. The first-order chi connectivity index (χ1) is 49.8. The summed E-state index contributed by atoms with van der Waals surface area (Å²) in [7, 11) is -0.387. The van der Waals surface area contributed by atoms with E-state index >= 15 is 0 Å². The molecule has 0 aromatic carbocycles. The summed E-state index contributed by atoms with van der Waals surface area (Å²) in [5.41, 5.74) is 12.3. The standard InChI is InChI=1S/C24H29N7O2.C19H21N7O.C15H25BN2O3.C15H16BrN5O/c1-16-13-20(31(29-16)22-6-2-3-12-33-22)19-14-27-24-18(8-10-26-24)23(19)28-17-5-4-11-30(15-17)21(32)7-9-25;1-12-9-16(25-24-12)15-10-22-19-14(5-7-21-19)18(15)23-13-3-2-8-26(11-13)17(27)4-6-20;1-11-10-12(16-20-14(2,3)15(4,5)21-16)18(17-11)13-8-6-7-9-19-13;16-12-8-19-15-11(4-6-18-15)14(12)20-10-2-1-7-21(9-10)13(22)3-5-17/h8,10,13-14,17,22H,2-7,11-12,15H2,1H3,(H2,26,27,28);5,7,9-10,13H,2-4,8,11H2,1H3,(H,24,25)(H2,21,22,23);10,13H,6-9H2,1-5H3;4,6,8,10H,1-3,7,9H2,(H2,18,19,20)/t17-,22?;13-;;10-/m11.1/s1. The maximum Gasteiger partial charge on any atom is 0.514 e. The molecule has 6 saturated heterocycles. The number of hydrogen-bond acceptors (Lipinski definition) is 19. The summed E-state index contributed by atoms with van der Waals surface area (Å²) >= 11 is 3.54. The molecule has 6 fully saturated rings. The van der Waals surface area contributed by atoms with Gasteiger partial charge in [-0.1, -0.05) is 0 Å². The molecule has 0 spiro atoms. The van der Waals surface area contributed by atoms with Gasteiger partial charge in [0.1, 0.15) is 42.4 Å². The van der Waals surface area contributed by atoms with Crippen molar-refractivity contribution in [1.29, 1.82) is 15.8 Å². The fraction of sp³-hybridized carbons (Fsp3) is 0.507. The van der Waals surface area contributed by atoms with Gasteiger partial charge in [0.05, 0.1) is 79.3 Å². The van der Waals surface area contributed by atoms with Crippen molar-refractivity contribution in [2.75, 3.05) is 68.4 Å². The van der Waals surface area contributed by atoms with Crippen LogP contribution in [0.15, 0.2) is 78.1 Å². The van der Waals surface area contributed by atoms with E-state index in [4.69, 9.17) is 39.7 Å². The highest BCUT2D eigenvalue weighted by Gasteiger charge is 2.53. The van der Waals surface area contributed by atoms with Gasteiger partial charge >= 0.3 is 7.12 Å². The number of H-pyrrole nitrogens is 4. The normalized spacial score (nSPS) is 20.8. The lowest BCUT2D eigenvalue weighted by molar-refractivity contribution is -0.131. The molecule has 0 saturated carbocycles. The SMILES string of the molecule is Cc1cc(-c2cnc3[nH]ccc3c2N[C@@H]2CCCN(C(=O)CC#N)C2)n(C2CCCCO2)n1.Cc1cc(-c2cnc3[nH]ccc3c2N[C@@H]2CCCN(C(=O)CC#N)C2)n[nH]1.Cc1cc(B2OC(C)(C)C(C)(C)O2)n(C2CCCCO2)n1.N#CCC(=O)N1CCC[C@@H](Nc2c(Br)cnc3[nH]ccc23)C1. The summed E-state index contributed by atoms with van der Waals surface area (Å²) in [5, 5.41) is 57.0. The van der Waals surface area contributed by atoms with Crippen LogP contribution in [0.25, 0.3) is 55.6 Å². The maximum atomic E-state index is 12.3. The zero-order valence-corrected chi connectivity index (χ0v) is 61.2. The number of carbonyl (C=O) groups excluding carboxylic acids is 3. The van der Waals surface area contributed by atoms with Crippen molar-refractivity contribution in [2.24, 2.45) is 0 Å². The van der Waals surface area contributed by atoms with Gasteiger partial charge in [0.15, 0.2) is 6.23 Å². The van der Waals surface area contributed by atoms with Gasteiger partial charge in [0.2, 0.25) is 17.7 Å². The number of anilines is 3. The van der Waals surface area contributed by atoms with Gasteiger partial charge < -0.3 is 64.4 Å². The number of pyridine rings is 3. The highest BCUT2D eigenvalue weighted by molar-refractivity contribution is 9.10. The Morgan fingerprint density at radius 1 is 0.573 bits per heavy atom. The van der Waals surface area contributed by atoms with Crippen LogP contribution < -0.4 is 21.5 Å². The number of carbonyl (C=O) groups is 3. The Morgan fingerprint density at radius 3 is 1.48 bits per heavy atom. The Bertz CT molecular complexity index is 4560. The van der Waals surface area contributed by atoms with E-state index in [9.17, 15) is 14.4 Å². The minimum atomic E-state index is -0.387. The summed E-state index contributed by atoms with van der Waals surface area (Å²) in [6.45, 7) is 19.7. The monoisotopic (exact) mass is 1460 g/mol. The largest absolute Gasteiger partial charge is 0.514 e. The van der Waals surface area contributed by atoms with Crippen molar-refractivity contribution in [3.63, 3.8) is 0 Å². The molecule has 15 heterocycles. The maximum absolute atomic E-state index is 12.3. The van der Waals surface area contributed by atoms with E-state index in [1.54, 1.807) is 20.9 Å². The second-order valence-electron chi connectivity index (χ2n) is 28.2. The number of fused-ring (bicyclic) bond motifs is 3. The molecule has 9 aromatic heterocycles. The number of piperidine rings is 3. The number of nitrogens with one attached hydrogen (secondary N) is 7. The summed E-state index contributed by atoms with van der Waals surface area (Å²) in [6.07, 6.45) is 22.9. The second-order valence-corrected chi connectivity index (χ2v) is 29.1. The summed E-state index contributed by atoms with van der Waals surface area (Å²) in [5.74, 6) is -0.294. The number of rotatable bonds is 14. The van der Waals surface area contributed by atoms with E-state index in [2.05, 4.69) is 111 Å². The molecule has 0 bridgehead atoms. The van der Waals surface area contributed by atoms with Crippen LogP contribution in [0.4, 0.5) is 17.1 Å². The van der Waals surface area contributed by atoms with Crippen LogP contribution in [0.5, 0.6) is 0 Å². The summed E-state index contributed by atoms with van der Waals surface area (Å²) < 4.78 is 29.1. The van der Waals surface area contributed by atoms with Crippen molar-refractivity contribution in [1.82, 2.24) is 74.4 Å². The average Bonchev–Trinajstić information content (AvgIpc) is 1.58. The number of halogens is 1. The van der Waals surface area contributed by atoms with Gasteiger partial charge in [-0.15, -0.1) is 0 Å². The molecular weight excluding hydrogens is 1370 g/mol. The third kappa shape index (κ3) is 17.0. The molecule has 28 nitrogen and oxygen atoms in total. The van der Waals surface area contributed by atoms with Crippen LogP contribution in [0.2, 0.25) is 0 Å². The molecule has 103 heavy (non-hydrogen) atoms. The number of amides is 3. The molecule has 2 unspecified atom stereocenters. The Labute approximate surface area is 607 Å². The Morgan fingerprint density at radius 2 is 1.01 bits per heavy atom. The van der Waals surface area contributed by atoms with Gasteiger partial charge in [-0.2, -0.15) is 31.1 Å². The number of likely N-dealkylation sites (tertiary alicyclic amines) is 3. The van der Waals surface area contributed by atoms with Crippen molar-refractivity contribution in [3.8, 4) is 40.7 Å². The van der Waals surface area contributed by atoms with Crippen LogP contribution in [-0.2, 0) is 33.2 Å². The molecular formula is C73H91BBrN21O7. The molecule has 6 aliphatic heterocycles. The molecule has 5 atom stereocenters. The smallest absolute Gasteiger partial charge is 0.398 e. The fourth-order valence-electron chi connectivity index (χ4n) is 14.2. The summed E-state index contributed by atoms with van der Waals surface area (Å²) in [4.78, 5) is 64.6. The molecule has 0 radical (unpaired) electrons. The quantitative estimate of drug-likeness (QED) is 0.0497. The van der Waals surface area contributed by atoms with E-state index < -0.39 is 0 Å². The second kappa shape index (κ2) is 32.8. The molecule has 15 rings (SSSR count). The average molecular weight is 1470 g/mol. The number of hydrogen-bond donors (Lipinski definition) is 7. The Hall–Kier alpha value is -9.64. The summed E-state index contributed by atoms with van der Waals surface area (Å²) in [6, 6.07) is 18.3. The molecule has 9 aromatic rings. The predicted octanol–water partition coefficient (Wildman–Crippen LogP) is 11.2. The molecule has 540 valence electrons. The van der Waals surface area contributed by atoms with E-state index in [0.29, 0.717) is 32.7 Å². The Balaban J connectivity index is 0.000000132. The van der Waals surface area contributed by atoms with Crippen LogP contribution in [0, 0.1) is 54.8 Å². The zero-order valence-electron chi connectivity index (χ0n) is 59.7. The van der Waals surface area contributed by atoms with Crippen LogP contribution in [-0.4, -0.2) is 181 Å². The minimum absolute atomic E-state index is 0.00137. The first kappa shape index (κ1) is 73.1. The van der Waals surface area contributed by atoms with Gasteiger partial charge in [-0.3, -0.25) is 19.5 Å². The minimum Gasteiger partial charge on any atom is -0.398 e. The lowest BCUT2D eigenvalue weighted by Crippen LogP contribution is -2.45. The van der Waals surface area contributed by atoms with Gasteiger partial charge in [-0.05, 0) is 178 Å². The van der Waals surface area contributed by atoms with Crippen LogP contribution in [0.3, 0.4) is 0 Å². The lowest BCUT2D eigenvalue weighted by Gasteiger charge is -2.34. The predicted molar refractivity (Wildman–Crippen MR) is 395 cm³/mol. The molecule has 30 heteroatoms. The van der Waals surface area contributed by atoms with Gasteiger partial charge in [0, 0.05) is 141 Å². The highest BCUT2D eigenvalue weighted by atomic mass is 79.9. The van der Waals surface area contributed by atoms with Crippen LogP contribution in [0.1, 0.15) is 154 Å². The van der Waals surface area contributed by atoms with Crippen molar-refractivity contribution >= 4 is 96.5 Å². The molecule has 6 aliphatic rings. The van der Waals surface area contributed by atoms with Crippen molar-refractivity contribution in [2.45, 2.75) is 187 Å². The number of aromatic nitrogens is 12. The topological polar surface area (TPSA) is 356 Å². The van der Waals surface area contributed by atoms with Gasteiger partial charge in [0.25, 0.3) is 0 Å². The first-order valence-electron chi connectivity index (χ1n) is 35.8. The third-order valence-electron chi connectivity index (χ3n) is 20.1. The zero-order chi connectivity index (χ0) is 72.4. The van der Waals surface area contributed by atoms with Crippen molar-refractivity contribution in [3.05, 3.63) is 95.1 Å². The highest BCUT2D eigenvalue weighted by Crippen LogP contribution is 2.40. The molecule has 3 amide bonds. The van der Waals surface area contributed by atoms with E-state index in [1.807, 2.05) is 110 Å². The van der Waals surface area contributed by atoms with E-state index in [-0.39, 0.29) is 85.9 Å².